The van der Waals surface area contributed by atoms with Crippen LogP contribution in [0.5, 0.6) is 5.88 Å². The van der Waals surface area contributed by atoms with Crippen LogP contribution in [0.3, 0.4) is 0 Å². The number of rotatable bonds is 5. The van der Waals surface area contributed by atoms with Crippen molar-refractivity contribution in [2.45, 2.75) is 25.7 Å². The molecule has 1 amide bonds. The summed E-state index contributed by atoms with van der Waals surface area (Å²) in [5, 5.41) is 14.4. The number of ketones is 1. The van der Waals surface area contributed by atoms with Crippen LogP contribution in [-0.4, -0.2) is 63.9 Å². The quantitative estimate of drug-likeness (QED) is 0.306. The molecule has 212 valence electrons. The van der Waals surface area contributed by atoms with Crippen LogP contribution in [0.1, 0.15) is 52.2 Å². The van der Waals surface area contributed by atoms with Crippen LogP contribution >= 0.6 is 0 Å². The molecule has 0 aliphatic carbocycles. The molecular formula is C30H28N8O4. The Kier molecular flexibility index (Phi) is 6.73. The standard InChI is InChI=1S/C30H28N8O4/c1-17(39)25-26(19-10-12-37(13-11-19)29(41)23-14-24(40)36(2)30(42)34-23)35-28-21(16-33-38(28)27(25)31)20-8-9-22(32-15-20)18-6-4-3-5-7-18/h3-9,14-16,19,40H,10-13,31H2,1-2H3. The molecule has 1 aliphatic heterocycles. The second kappa shape index (κ2) is 10.5. The van der Waals surface area contributed by atoms with E-state index in [1.807, 2.05) is 42.5 Å². The first kappa shape index (κ1) is 26.8. The lowest BCUT2D eigenvalue weighted by atomic mass is 9.89. The molecule has 12 heteroatoms. The SMILES string of the molecule is CC(=O)c1c(C2CCN(C(=O)c3cc(O)n(C)c(=O)n3)CC2)nc2c(-c3ccc(-c4ccccc4)nc3)cnn2c1N. The van der Waals surface area contributed by atoms with Gasteiger partial charge in [-0.05, 0) is 25.8 Å². The number of nitrogen functional groups attached to an aromatic ring is 1. The van der Waals surface area contributed by atoms with Gasteiger partial charge >= 0.3 is 5.69 Å². The topological polar surface area (TPSA) is 162 Å². The van der Waals surface area contributed by atoms with Crippen LogP contribution in [0.15, 0.2) is 65.7 Å². The molecule has 0 unspecified atom stereocenters. The molecule has 0 bridgehead atoms. The number of Topliss-reactive ketones (excluding diaryl/α,β-unsaturated/α-hetero) is 1. The Labute approximate surface area is 240 Å². The summed E-state index contributed by atoms with van der Waals surface area (Å²) in [5.41, 5.74) is 10.5. The fourth-order valence-corrected chi connectivity index (χ4v) is 5.38. The molecule has 0 spiro atoms. The highest BCUT2D eigenvalue weighted by Crippen LogP contribution is 2.35. The summed E-state index contributed by atoms with van der Waals surface area (Å²) in [5.74, 6) is -0.942. The third-order valence-corrected chi connectivity index (χ3v) is 7.71. The minimum atomic E-state index is -0.714. The number of hydrogen-bond acceptors (Lipinski definition) is 9. The van der Waals surface area contributed by atoms with Crippen molar-refractivity contribution in [3.8, 4) is 28.3 Å². The summed E-state index contributed by atoms with van der Waals surface area (Å²) in [6.07, 6.45) is 4.46. The fourth-order valence-electron chi connectivity index (χ4n) is 5.38. The first-order chi connectivity index (χ1) is 20.2. The number of fused-ring (bicyclic) bond motifs is 1. The van der Waals surface area contributed by atoms with E-state index >= 15 is 0 Å². The van der Waals surface area contributed by atoms with Crippen LogP contribution in [0.4, 0.5) is 5.82 Å². The normalized spacial score (nSPS) is 13.9. The van der Waals surface area contributed by atoms with Crippen molar-refractivity contribution in [3.05, 3.63) is 88.4 Å². The average Bonchev–Trinajstić information content (AvgIpc) is 3.44. The molecule has 42 heavy (non-hydrogen) atoms. The first-order valence-corrected chi connectivity index (χ1v) is 13.5. The Hall–Kier alpha value is -5.39. The van der Waals surface area contributed by atoms with Gasteiger partial charge in [-0.15, -0.1) is 0 Å². The highest BCUT2D eigenvalue weighted by atomic mass is 16.3. The Balaban J connectivity index is 1.31. The summed E-state index contributed by atoms with van der Waals surface area (Å²) >= 11 is 0. The molecule has 12 nitrogen and oxygen atoms in total. The Morgan fingerprint density at radius 3 is 2.38 bits per heavy atom. The Morgan fingerprint density at radius 1 is 1.00 bits per heavy atom. The van der Waals surface area contributed by atoms with E-state index in [2.05, 4.69) is 15.1 Å². The molecule has 1 fully saturated rings. The number of benzene rings is 1. The second-order valence-electron chi connectivity index (χ2n) is 10.3. The summed E-state index contributed by atoms with van der Waals surface area (Å²) in [6, 6.07) is 14.9. The molecule has 3 N–H and O–H groups in total. The highest BCUT2D eigenvalue weighted by Gasteiger charge is 2.31. The summed E-state index contributed by atoms with van der Waals surface area (Å²) in [7, 11) is 1.37. The van der Waals surface area contributed by atoms with E-state index in [1.54, 1.807) is 17.3 Å². The van der Waals surface area contributed by atoms with Gasteiger partial charge in [0.15, 0.2) is 17.3 Å². The van der Waals surface area contributed by atoms with Crippen LogP contribution < -0.4 is 11.4 Å². The van der Waals surface area contributed by atoms with Crippen molar-refractivity contribution in [2.75, 3.05) is 18.8 Å². The predicted molar refractivity (Wildman–Crippen MR) is 155 cm³/mol. The molecule has 1 saturated heterocycles. The minimum Gasteiger partial charge on any atom is -0.494 e. The summed E-state index contributed by atoms with van der Waals surface area (Å²) < 4.78 is 2.43. The second-order valence-corrected chi connectivity index (χ2v) is 10.3. The van der Waals surface area contributed by atoms with Crippen LogP contribution in [0.2, 0.25) is 0 Å². The molecule has 1 aromatic carbocycles. The van der Waals surface area contributed by atoms with E-state index < -0.39 is 11.6 Å². The maximum Gasteiger partial charge on any atom is 0.350 e. The predicted octanol–water partition coefficient (Wildman–Crippen LogP) is 3.06. The number of anilines is 1. The lowest BCUT2D eigenvalue weighted by molar-refractivity contribution is 0.0703. The number of nitrogens with zero attached hydrogens (tertiary/aromatic N) is 7. The van der Waals surface area contributed by atoms with Gasteiger partial charge in [-0.3, -0.25) is 19.1 Å². The molecule has 0 radical (unpaired) electrons. The minimum absolute atomic E-state index is 0.113. The third kappa shape index (κ3) is 4.66. The zero-order valence-corrected chi connectivity index (χ0v) is 23.1. The maximum absolute atomic E-state index is 13.0. The van der Waals surface area contributed by atoms with Crippen molar-refractivity contribution in [1.29, 1.82) is 0 Å². The molecule has 5 aromatic rings. The van der Waals surface area contributed by atoms with Crippen LogP contribution in [0, 0.1) is 0 Å². The number of pyridine rings is 1. The number of likely N-dealkylation sites (tertiary alicyclic amines) is 1. The Morgan fingerprint density at radius 2 is 1.74 bits per heavy atom. The molecule has 1 aliphatic rings. The number of aromatic nitrogens is 6. The lowest BCUT2D eigenvalue weighted by Gasteiger charge is -2.32. The zero-order chi connectivity index (χ0) is 29.5. The number of aromatic hydroxyl groups is 1. The zero-order valence-electron chi connectivity index (χ0n) is 23.1. The number of nitrogens with two attached hydrogens (primary N) is 1. The number of piperidine rings is 1. The van der Waals surface area contributed by atoms with Crippen molar-refractivity contribution in [2.24, 2.45) is 7.05 Å². The van der Waals surface area contributed by atoms with Crippen LogP contribution in [-0.2, 0) is 7.05 Å². The van der Waals surface area contributed by atoms with Crippen molar-refractivity contribution in [1.82, 2.24) is 34.0 Å². The van der Waals surface area contributed by atoms with Gasteiger partial charge in [0.2, 0.25) is 0 Å². The molecule has 0 saturated carbocycles. The molecule has 5 heterocycles. The average molecular weight is 565 g/mol. The number of carbonyl (C=O) groups is 2. The van der Waals surface area contributed by atoms with Crippen molar-refractivity contribution < 1.29 is 14.7 Å². The van der Waals surface area contributed by atoms with E-state index in [4.69, 9.17) is 10.7 Å². The number of carbonyl (C=O) groups excluding carboxylic acids is 2. The monoisotopic (exact) mass is 564 g/mol. The van der Waals surface area contributed by atoms with E-state index in [-0.39, 0.29) is 29.1 Å². The largest absolute Gasteiger partial charge is 0.494 e. The molecular weight excluding hydrogens is 536 g/mol. The van der Waals surface area contributed by atoms with Gasteiger partial charge in [0.05, 0.1) is 23.1 Å². The van der Waals surface area contributed by atoms with Gasteiger partial charge in [-0.2, -0.15) is 14.6 Å². The molecule has 0 atom stereocenters. The molecule has 6 rings (SSSR count). The van der Waals surface area contributed by atoms with Crippen molar-refractivity contribution in [3.63, 3.8) is 0 Å². The van der Waals surface area contributed by atoms with E-state index in [0.717, 1.165) is 27.0 Å². The summed E-state index contributed by atoms with van der Waals surface area (Å²) in [4.78, 5) is 52.7. The van der Waals surface area contributed by atoms with Gasteiger partial charge in [0.25, 0.3) is 5.91 Å². The number of hydrogen-bond donors (Lipinski definition) is 2. The third-order valence-electron chi connectivity index (χ3n) is 7.71. The van der Waals surface area contributed by atoms with E-state index in [9.17, 15) is 19.5 Å². The summed E-state index contributed by atoms with van der Waals surface area (Å²) in [6.45, 7) is 2.15. The number of amides is 1. The van der Waals surface area contributed by atoms with Gasteiger partial charge in [0, 0.05) is 55.0 Å². The smallest absolute Gasteiger partial charge is 0.350 e. The van der Waals surface area contributed by atoms with Gasteiger partial charge in [0.1, 0.15) is 11.5 Å². The van der Waals surface area contributed by atoms with Gasteiger partial charge < -0.3 is 15.7 Å². The fraction of sp³-hybridized carbons (Fsp3) is 0.233. The van der Waals surface area contributed by atoms with Crippen molar-refractivity contribution >= 4 is 23.2 Å². The van der Waals surface area contributed by atoms with Gasteiger partial charge in [-0.25, -0.2) is 9.78 Å². The van der Waals surface area contributed by atoms with E-state index in [1.165, 1.54) is 24.6 Å². The van der Waals surface area contributed by atoms with Crippen LogP contribution in [0.25, 0.3) is 28.0 Å². The Bertz CT molecular complexity index is 1890. The highest BCUT2D eigenvalue weighted by molar-refractivity contribution is 6.00. The molecule has 4 aromatic heterocycles. The maximum atomic E-state index is 13.0. The lowest BCUT2D eigenvalue weighted by Crippen LogP contribution is -2.39. The first-order valence-electron chi connectivity index (χ1n) is 13.5. The van der Waals surface area contributed by atoms with Gasteiger partial charge in [-0.1, -0.05) is 36.4 Å². The van der Waals surface area contributed by atoms with E-state index in [0.29, 0.717) is 42.8 Å².